The summed E-state index contributed by atoms with van der Waals surface area (Å²) < 4.78 is 10.1. The van der Waals surface area contributed by atoms with Gasteiger partial charge in [0.05, 0.1) is 12.7 Å². The van der Waals surface area contributed by atoms with Crippen LogP contribution < -0.4 is 10.1 Å². The zero-order valence-corrected chi connectivity index (χ0v) is 13.1. The molecule has 0 radical (unpaired) electrons. The van der Waals surface area contributed by atoms with Gasteiger partial charge in [0.25, 0.3) is 5.91 Å². The number of benzene rings is 1. The fourth-order valence-corrected chi connectivity index (χ4v) is 2.64. The van der Waals surface area contributed by atoms with E-state index >= 15 is 0 Å². The van der Waals surface area contributed by atoms with Crippen molar-refractivity contribution in [1.82, 2.24) is 5.32 Å². The molecule has 5 nitrogen and oxygen atoms in total. The Morgan fingerprint density at radius 2 is 1.95 bits per heavy atom. The Balaban J connectivity index is 1.76. The molecule has 1 N–H and O–H groups in total. The molecule has 0 atom stereocenters. The highest BCUT2D eigenvalue weighted by molar-refractivity contribution is 5.91. The van der Waals surface area contributed by atoms with Crippen LogP contribution in [0.25, 0.3) is 0 Å². The predicted molar refractivity (Wildman–Crippen MR) is 82.8 cm³/mol. The minimum absolute atomic E-state index is 0.208. The van der Waals surface area contributed by atoms with Crippen molar-refractivity contribution in [2.75, 3.05) is 13.7 Å². The second-order valence-electron chi connectivity index (χ2n) is 5.83. The van der Waals surface area contributed by atoms with Gasteiger partial charge in [-0.2, -0.15) is 0 Å². The van der Waals surface area contributed by atoms with Crippen LogP contribution in [0, 0.1) is 5.92 Å². The fourth-order valence-electron chi connectivity index (χ4n) is 2.64. The minimum Gasteiger partial charge on any atom is -0.497 e. The summed E-state index contributed by atoms with van der Waals surface area (Å²) in [7, 11) is 1.53. The van der Waals surface area contributed by atoms with Gasteiger partial charge in [-0.25, -0.2) is 4.79 Å². The van der Waals surface area contributed by atoms with Crippen LogP contribution in [0.2, 0.25) is 0 Å². The Labute approximate surface area is 131 Å². The second kappa shape index (κ2) is 7.82. The molecule has 1 aliphatic carbocycles. The Morgan fingerprint density at radius 1 is 1.23 bits per heavy atom. The summed E-state index contributed by atoms with van der Waals surface area (Å²) in [5.74, 6) is 0.552. The maximum absolute atomic E-state index is 11.9. The first kappa shape index (κ1) is 16.3. The van der Waals surface area contributed by atoms with Gasteiger partial charge in [-0.1, -0.05) is 13.0 Å². The summed E-state index contributed by atoms with van der Waals surface area (Å²) in [6, 6.07) is 6.87. The highest BCUT2D eigenvalue weighted by Crippen LogP contribution is 2.23. The number of hydrogen-bond acceptors (Lipinski definition) is 4. The fraction of sp³-hybridized carbons (Fsp3) is 0.529. The van der Waals surface area contributed by atoms with Crippen molar-refractivity contribution in [2.45, 2.75) is 38.6 Å². The SMILES string of the molecule is COc1cccc(C(=O)OCC(=O)NC2CCC(C)CC2)c1. The molecule has 22 heavy (non-hydrogen) atoms. The van der Waals surface area contributed by atoms with Gasteiger partial charge in [0.2, 0.25) is 0 Å². The molecule has 0 aliphatic heterocycles. The molecule has 0 spiro atoms. The molecule has 0 heterocycles. The molecule has 1 fully saturated rings. The zero-order valence-electron chi connectivity index (χ0n) is 13.1. The van der Waals surface area contributed by atoms with E-state index in [1.54, 1.807) is 24.3 Å². The van der Waals surface area contributed by atoms with Crippen LogP contribution in [-0.4, -0.2) is 31.6 Å². The number of carbonyl (C=O) groups excluding carboxylic acids is 2. The first-order valence-electron chi connectivity index (χ1n) is 7.69. The van der Waals surface area contributed by atoms with E-state index in [0.717, 1.165) is 31.6 Å². The number of methoxy groups -OCH3 is 1. The van der Waals surface area contributed by atoms with E-state index < -0.39 is 5.97 Å². The highest BCUT2D eigenvalue weighted by Gasteiger charge is 2.20. The van der Waals surface area contributed by atoms with Gasteiger partial charge in [0.1, 0.15) is 5.75 Å². The smallest absolute Gasteiger partial charge is 0.338 e. The summed E-state index contributed by atoms with van der Waals surface area (Å²) in [6.45, 7) is 1.98. The predicted octanol–water partition coefficient (Wildman–Crippen LogP) is 2.55. The van der Waals surface area contributed by atoms with Crippen molar-refractivity contribution in [2.24, 2.45) is 5.92 Å². The van der Waals surface area contributed by atoms with Gasteiger partial charge in [-0.05, 0) is 49.8 Å². The molecule has 0 saturated heterocycles. The Hall–Kier alpha value is -2.04. The Kier molecular flexibility index (Phi) is 5.81. The van der Waals surface area contributed by atoms with E-state index in [4.69, 9.17) is 9.47 Å². The topological polar surface area (TPSA) is 64.6 Å². The van der Waals surface area contributed by atoms with Crippen molar-refractivity contribution < 1.29 is 19.1 Å². The lowest BCUT2D eigenvalue weighted by atomic mass is 9.87. The van der Waals surface area contributed by atoms with Crippen molar-refractivity contribution in [3.8, 4) is 5.75 Å². The standard InChI is InChI=1S/C17H23NO4/c1-12-6-8-14(9-7-12)18-16(19)11-22-17(20)13-4-3-5-15(10-13)21-2/h3-5,10,12,14H,6-9,11H2,1-2H3,(H,18,19). The third-order valence-electron chi connectivity index (χ3n) is 4.02. The molecule has 1 saturated carbocycles. The molecule has 1 aromatic rings. The van der Waals surface area contributed by atoms with Gasteiger partial charge in [0.15, 0.2) is 6.61 Å². The van der Waals surface area contributed by atoms with E-state index in [1.807, 2.05) is 0 Å². The number of ether oxygens (including phenoxy) is 2. The maximum atomic E-state index is 11.9. The molecule has 0 unspecified atom stereocenters. The van der Waals surface area contributed by atoms with Crippen molar-refractivity contribution in [3.05, 3.63) is 29.8 Å². The summed E-state index contributed by atoms with van der Waals surface area (Å²) in [5, 5.41) is 2.93. The largest absolute Gasteiger partial charge is 0.497 e. The van der Waals surface area contributed by atoms with Gasteiger partial charge >= 0.3 is 5.97 Å². The molecule has 1 aromatic carbocycles. The Morgan fingerprint density at radius 3 is 2.64 bits per heavy atom. The number of amides is 1. The van der Waals surface area contributed by atoms with Crippen LogP contribution >= 0.6 is 0 Å². The first-order valence-corrected chi connectivity index (χ1v) is 7.69. The summed E-state index contributed by atoms with van der Waals surface area (Å²) in [6.07, 6.45) is 4.26. The van der Waals surface area contributed by atoms with E-state index in [0.29, 0.717) is 11.3 Å². The number of hydrogen-bond donors (Lipinski definition) is 1. The van der Waals surface area contributed by atoms with Gasteiger partial charge in [-0.15, -0.1) is 0 Å². The molecule has 120 valence electrons. The maximum Gasteiger partial charge on any atom is 0.338 e. The molecular formula is C17H23NO4. The van der Waals surface area contributed by atoms with Gasteiger partial charge < -0.3 is 14.8 Å². The van der Waals surface area contributed by atoms with Crippen molar-refractivity contribution in [1.29, 1.82) is 0 Å². The first-order chi connectivity index (χ1) is 10.6. The average molecular weight is 305 g/mol. The van der Waals surface area contributed by atoms with E-state index in [-0.39, 0.29) is 18.6 Å². The molecule has 1 amide bonds. The summed E-state index contributed by atoms with van der Waals surface area (Å²) in [5.41, 5.74) is 0.374. The van der Waals surface area contributed by atoms with Crippen LogP contribution in [0.3, 0.4) is 0 Å². The number of carbonyl (C=O) groups is 2. The number of nitrogens with one attached hydrogen (secondary N) is 1. The lowest BCUT2D eigenvalue weighted by Crippen LogP contribution is -2.39. The lowest BCUT2D eigenvalue weighted by Gasteiger charge is -2.26. The molecular weight excluding hydrogens is 282 g/mol. The van der Waals surface area contributed by atoms with Gasteiger partial charge in [0, 0.05) is 6.04 Å². The highest BCUT2D eigenvalue weighted by atomic mass is 16.5. The van der Waals surface area contributed by atoms with E-state index in [2.05, 4.69) is 12.2 Å². The molecule has 0 bridgehead atoms. The minimum atomic E-state index is -0.522. The van der Waals surface area contributed by atoms with Crippen LogP contribution in [-0.2, 0) is 9.53 Å². The van der Waals surface area contributed by atoms with E-state index in [9.17, 15) is 9.59 Å². The van der Waals surface area contributed by atoms with Crippen LogP contribution in [0.5, 0.6) is 5.75 Å². The third-order valence-corrected chi connectivity index (χ3v) is 4.02. The Bertz CT molecular complexity index is 521. The van der Waals surface area contributed by atoms with Crippen molar-refractivity contribution in [3.63, 3.8) is 0 Å². The molecule has 0 aromatic heterocycles. The van der Waals surface area contributed by atoms with Crippen LogP contribution in [0.1, 0.15) is 43.0 Å². The van der Waals surface area contributed by atoms with Crippen molar-refractivity contribution >= 4 is 11.9 Å². The third kappa shape index (κ3) is 4.76. The summed E-state index contributed by atoms with van der Waals surface area (Å²) >= 11 is 0. The lowest BCUT2D eigenvalue weighted by molar-refractivity contribution is -0.125. The van der Waals surface area contributed by atoms with E-state index in [1.165, 1.54) is 7.11 Å². The summed E-state index contributed by atoms with van der Waals surface area (Å²) in [4.78, 5) is 23.7. The zero-order chi connectivity index (χ0) is 15.9. The second-order valence-corrected chi connectivity index (χ2v) is 5.83. The average Bonchev–Trinajstić information content (AvgIpc) is 2.55. The van der Waals surface area contributed by atoms with Gasteiger partial charge in [-0.3, -0.25) is 4.79 Å². The molecule has 2 rings (SSSR count). The molecule has 1 aliphatic rings. The number of esters is 1. The molecule has 5 heteroatoms. The quantitative estimate of drug-likeness (QED) is 0.849. The van der Waals surface area contributed by atoms with Crippen LogP contribution in [0.4, 0.5) is 0 Å². The monoisotopic (exact) mass is 305 g/mol. The number of rotatable bonds is 5. The van der Waals surface area contributed by atoms with Crippen LogP contribution in [0.15, 0.2) is 24.3 Å². The normalized spacial score (nSPS) is 21.0.